The molecule has 0 bridgehead atoms. The zero-order valence-electron chi connectivity index (χ0n) is 13.8. The van der Waals surface area contributed by atoms with E-state index in [0.717, 1.165) is 10.5 Å². The van der Waals surface area contributed by atoms with Gasteiger partial charge in [0.2, 0.25) is 5.91 Å². The number of rotatable bonds is 4. The zero-order valence-corrected chi connectivity index (χ0v) is 13.8. The van der Waals surface area contributed by atoms with Gasteiger partial charge in [0.05, 0.1) is 6.61 Å². The van der Waals surface area contributed by atoms with E-state index in [1.165, 1.54) is 4.90 Å². The van der Waals surface area contributed by atoms with E-state index in [4.69, 9.17) is 4.74 Å². The first-order chi connectivity index (χ1) is 12.0. The normalized spacial score (nSPS) is 19.9. The number of hydrogen-bond donors (Lipinski definition) is 0. The number of carbonyl (C=O) groups excluding carboxylic acids is 4. The maximum atomic E-state index is 12.7. The smallest absolute Gasteiger partial charge is 0.435 e. The van der Waals surface area contributed by atoms with Gasteiger partial charge < -0.3 is 14.4 Å². The Morgan fingerprint density at radius 1 is 1.20 bits per heavy atom. The second-order valence-corrected chi connectivity index (χ2v) is 5.76. The minimum Gasteiger partial charge on any atom is -0.435 e. The molecule has 1 saturated heterocycles. The van der Waals surface area contributed by atoms with Crippen LogP contribution in [0.2, 0.25) is 0 Å². The molecule has 0 radical (unpaired) electrons. The van der Waals surface area contributed by atoms with Crippen molar-refractivity contribution in [2.75, 3.05) is 13.3 Å². The van der Waals surface area contributed by atoms with Crippen molar-refractivity contribution in [1.82, 2.24) is 9.80 Å². The van der Waals surface area contributed by atoms with Crippen LogP contribution in [0.3, 0.4) is 0 Å². The number of nitrogens with zero attached hydrogens (tertiary/aromatic N) is 2. The average molecular weight is 346 g/mol. The Hall–Kier alpha value is -2.90. The van der Waals surface area contributed by atoms with Crippen LogP contribution < -0.4 is 0 Å². The molecule has 0 aromatic heterocycles. The molecule has 2 aliphatic rings. The lowest BCUT2D eigenvalue weighted by Crippen LogP contribution is -2.55. The summed E-state index contributed by atoms with van der Waals surface area (Å²) in [5, 5.41) is 0. The molecule has 2 heterocycles. The van der Waals surface area contributed by atoms with Gasteiger partial charge in [0.1, 0.15) is 6.04 Å². The van der Waals surface area contributed by atoms with E-state index in [1.54, 1.807) is 19.1 Å². The van der Waals surface area contributed by atoms with Gasteiger partial charge in [0.15, 0.2) is 6.73 Å². The maximum Gasteiger partial charge on any atom is 0.510 e. The number of imide groups is 1. The van der Waals surface area contributed by atoms with Crippen molar-refractivity contribution in [3.63, 3.8) is 0 Å². The fraction of sp³-hybridized carbons (Fsp3) is 0.412. The topological polar surface area (TPSA) is 93.2 Å². The summed E-state index contributed by atoms with van der Waals surface area (Å²) in [6.45, 7) is 1.56. The number of ether oxygens (including phenoxy) is 2. The number of hydrogen-bond acceptors (Lipinski definition) is 6. The molecule has 0 spiro atoms. The molecule has 1 aromatic carbocycles. The standard InChI is InChI=1S/C17H18N2O6/c1-2-24-17(23)25-10-19-14(20)8-7-13(16(19)22)18-9-11-5-3-4-6-12(11)15(18)21/h3-6,13H,2,7-10H2,1H3. The first-order valence-corrected chi connectivity index (χ1v) is 8.05. The molecule has 8 nitrogen and oxygen atoms in total. The summed E-state index contributed by atoms with van der Waals surface area (Å²) in [4.78, 5) is 50.8. The summed E-state index contributed by atoms with van der Waals surface area (Å²) in [5.74, 6) is -1.20. The molecule has 25 heavy (non-hydrogen) atoms. The van der Waals surface area contributed by atoms with E-state index in [2.05, 4.69) is 4.74 Å². The van der Waals surface area contributed by atoms with Gasteiger partial charge >= 0.3 is 6.16 Å². The lowest BCUT2D eigenvalue weighted by molar-refractivity contribution is -0.157. The van der Waals surface area contributed by atoms with Gasteiger partial charge in [0, 0.05) is 18.5 Å². The predicted octanol–water partition coefficient (Wildman–Crippen LogP) is 1.29. The minimum atomic E-state index is -0.949. The molecule has 0 aliphatic carbocycles. The van der Waals surface area contributed by atoms with E-state index in [-0.39, 0.29) is 25.4 Å². The first kappa shape index (κ1) is 16.9. The van der Waals surface area contributed by atoms with Crippen LogP contribution in [-0.2, 0) is 25.6 Å². The average Bonchev–Trinajstić information content (AvgIpc) is 2.92. The molecule has 132 valence electrons. The van der Waals surface area contributed by atoms with Crippen LogP contribution >= 0.6 is 0 Å². The van der Waals surface area contributed by atoms with E-state index in [1.807, 2.05) is 12.1 Å². The van der Waals surface area contributed by atoms with Crippen LogP contribution in [0.4, 0.5) is 4.79 Å². The van der Waals surface area contributed by atoms with Crippen molar-refractivity contribution in [3.05, 3.63) is 35.4 Å². The highest BCUT2D eigenvalue weighted by Gasteiger charge is 2.42. The van der Waals surface area contributed by atoms with Gasteiger partial charge in [-0.2, -0.15) is 0 Å². The van der Waals surface area contributed by atoms with Crippen molar-refractivity contribution in [3.8, 4) is 0 Å². The minimum absolute atomic E-state index is 0.0999. The number of benzene rings is 1. The largest absolute Gasteiger partial charge is 0.510 e. The summed E-state index contributed by atoms with van der Waals surface area (Å²) in [6.07, 6.45) is -0.592. The van der Waals surface area contributed by atoms with Gasteiger partial charge in [-0.1, -0.05) is 18.2 Å². The van der Waals surface area contributed by atoms with Gasteiger partial charge in [-0.25, -0.2) is 9.69 Å². The lowest BCUT2D eigenvalue weighted by Gasteiger charge is -2.34. The van der Waals surface area contributed by atoms with Crippen molar-refractivity contribution < 1.29 is 28.7 Å². The third kappa shape index (κ3) is 3.19. The zero-order chi connectivity index (χ0) is 18.0. The molecular weight excluding hydrogens is 328 g/mol. The van der Waals surface area contributed by atoms with E-state index in [9.17, 15) is 19.2 Å². The second-order valence-electron chi connectivity index (χ2n) is 5.76. The summed E-state index contributed by atoms with van der Waals surface area (Å²) in [5.41, 5.74) is 1.42. The molecule has 8 heteroatoms. The van der Waals surface area contributed by atoms with Gasteiger partial charge in [-0.05, 0) is 25.0 Å². The second kappa shape index (κ2) is 6.92. The number of amides is 3. The quantitative estimate of drug-likeness (QED) is 0.602. The van der Waals surface area contributed by atoms with Crippen LogP contribution in [0.1, 0.15) is 35.7 Å². The highest BCUT2D eigenvalue weighted by atomic mass is 16.7. The highest BCUT2D eigenvalue weighted by Crippen LogP contribution is 2.28. The first-order valence-electron chi connectivity index (χ1n) is 8.05. The fourth-order valence-corrected chi connectivity index (χ4v) is 3.05. The number of likely N-dealkylation sites (tertiary alicyclic amines) is 1. The van der Waals surface area contributed by atoms with Gasteiger partial charge in [-0.3, -0.25) is 14.4 Å². The van der Waals surface area contributed by atoms with Gasteiger partial charge in [-0.15, -0.1) is 0 Å². The van der Waals surface area contributed by atoms with Crippen LogP contribution in [0, 0.1) is 0 Å². The third-order valence-electron chi connectivity index (χ3n) is 4.28. The summed E-state index contributed by atoms with van der Waals surface area (Å²) < 4.78 is 9.40. The Balaban J connectivity index is 1.71. The molecule has 1 unspecified atom stereocenters. The van der Waals surface area contributed by atoms with Crippen LogP contribution in [0.15, 0.2) is 24.3 Å². The van der Waals surface area contributed by atoms with E-state index < -0.39 is 30.7 Å². The molecule has 3 rings (SSSR count). The van der Waals surface area contributed by atoms with Crippen molar-refractivity contribution >= 4 is 23.9 Å². The van der Waals surface area contributed by atoms with Gasteiger partial charge in [0.25, 0.3) is 11.8 Å². The Bertz CT molecular complexity index is 732. The molecule has 1 fully saturated rings. The Morgan fingerprint density at radius 3 is 2.68 bits per heavy atom. The summed E-state index contributed by atoms with van der Waals surface area (Å²) in [6, 6.07) is 6.42. The molecule has 1 atom stereocenters. The van der Waals surface area contributed by atoms with Crippen molar-refractivity contribution in [2.24, 2.45) is 0 Å². The maximum absolute atomic E-state index is 12.7. The van der Waals surface area contributed by atoms with Crippen LogP contribution in [0.25, 0.3) is 0 Å². The molecule has 3 amide bonds. The van der Waals surface area contributed by atoms with Crippen molar-refractivity contribution in [1.29, 1.82) is 0 Å². The molecule has 1 aromatic rings. The van der Waals surface area contributed by atoms with E-state index >= 15 is 0 Å². The lowest BCUT2D eigenvalue weighted by atomic mass is 10.0. The van der Waals surface area contributed by atoms with Crippen LogP contribution in [0.5, 0.6) is 0 Å². The highest BCUT2D eigenvalue weighted by molar-refractivity contribution is 6.05. The molecular formula is C17H18N2O6. The summed E-state index contributed by atoms with van der Waals surface area (Å²) >= 11 is 0. The molecule has 0 saturated carbocycles. The Morgan fingerprint density at radius 2 is 1.96 bits per heavy atom. The predicted molar refractivity (Wildman–Crippen MR) is 84.2 cm³/mol. The fourth-order valence-electron chi connectivity index (χ4n) is 3.05. The Kier molecular flexibility index (Phi) is 4.69. The van der Waals surface area contributed by atoms with Crippen molar-refractivity contribution in [2.45, 2.75) is 32.4 Å². The SMILES string of the molecule is CCOC(=O)OCN1C(=O)CCC(N2Cc3ccccc3C2=O)C1=O. The Labute approximate surface area is 144 Å². The molecule has 2 aliphatic heterocycles. The monoisotopic (exact) mass is 346 g/mol. The van der Waals surface area contributed by atoms with Crippen LogP contribution in [-0.4, -0.2) is 53.1 Å². The van der Waals surface area contributed by atoms with E-state index in [0.29, 0.717) is 12.1 Å². The number of piperidine rings is 1. The number of carbonyl (C=O) groups is 4. The number of fused-ring (bicyclic) bond motifs is 1. The molecule has 0 N–H and O–H groups in total. The third-order valence-corrected chi connectivity index (χ3v) is 4.28. The summed E-state index contributed by atoms with van der Waals surface area (Å²) in [7, 11) is 0.